The lowest BCUT2D eigenvalue weighted by molar-refractivity contribution is -0.128. The third-order valence-electron chi connectivity index (χ3n) is 3.50. The van der Waals surface area contributed by atoms with Gasteiger partial charge in [0.15, 0.2) is 0 Å². The Labute approximate surface area is 115 Å². The summed E-state index contributed by atoms with van der Waals surface area (Å²) in [5.41, 5.74) is 4.80. The fourth-order valence-corrected chi connectivity index (χ4v) is 2.11. The summed E-state index contributed by atoms with van der Waals surface area (Å²) in [6.07, 6.45) is 2.87. The molecule has 0 aromatic heterocycles. The standard InChI is InChI=1S/C13H26N2O4/c1-15-13(12(14)16,11-4-5-11)10-19-7-3-6-18-9-8-17-2/h11,15H,3-10H2,1-2H3,(H2,14,16). The van der Waals surface area contributed by atoms with Crippen molar-refractivity contribution in [3.63, 3.8) is 0 Å². The van der Waals surface area contributed by atoms with E-state index in [1.165, 1.54) is 0 Å². The van der Waals surface area contributed by atoms with Gasteiger partial charge >= 0.3 is 0 Å². The predicted molar refractivity (Wildman–Crippen MR) is 71.8 cm³/mol. The van der Waals surface area contributed by atoms with Gasteiger partial charge in [-0.1, -0.05) is 0 Å². The van der Waals surface area contributed by atoms with Crippen LogP contribution < -0.4 is 11.1 Å². The number of carbonyl (C=O) groups is 1. The Bertz CT molecular complexity index is 271. The van der Waals surface area contributed by atoms with E-state index in [1.807, 2.05) is 0 Å². The Hall–Kier alpha value is -0.690. The first kappa shape index (κ1) is 16.4. The van der Waals surface area contributed by atoms with Crippen LogP contribution in [0.2, 0.25) is 0 Å². The molecule has 0 spiro atoms. The molecule has 6 heteroatoms. The van der Waals surface area contributed by atoms with Crippen molar-refractivity contribution in [3.05, 3.63) is 0 Å². The maximum atomic E-state index is 11.6. The van der Waals surface area contributed by atoms with Crippen molar-refractivity contribution >= 4 is 5.91 Å². The summed E-state index contributed by atoms with van der Waals surface area (Å²) in [5.74, 6) is -0.0122. The molecule has 1 saturated carbocycles. The minimum absolute atomic E-state index is 0.313. The zero-order chi connectivity index (χ0) is 14.1. The first-order valence-electron chi connectivity index (χ1n) is 6.80. The second-order valence-electron chi connectivity index (χ2n) is 4.87. The van der Waals surface area contributed by atoms with Crippen LogP contribution in [0.5, 0.6) is 0 Å². The molecule has 0 heterocycles. The first-order valence-corrected chi connectivity index (χ1v) is 6.80. The van der Waals surface area contributed by atoms with Gasteiger partial charge in [0.1, 0.15) is 5.54 Å². The number of nitrogens with two attached hydrogens (primary N) is 1. The average Bonchev–Trinajstić information content (AvgIpc) is 3.22. The van der Waals surface area contributed by atoms with Gasteiger partial charge in [0, 0.05) is 20.3 Å². The van der Waals surface area contributed by atoms with E-state index in [9.17, 15) is 4.79 Å². The summed E-state index contributed by atoms with van der Waals surface area (Å²) in [4.78, 5) is 11.6. The van der Waals surface area contributed by atoms with Gasteiger partial charge in [-0.3, -0.25) is 4.79 Å². The Morgan fingerprint density at radius 2 is 1.95 bits per heavy atom. The maximum absolute atomic E-state index is 11.6. The number of rotatable bonds is 12. The van der Waals surface area contributed by atoms with Crippen molar-refractivity contribution in [2.45, 2.75) is 24.8 Å². The van der Waals surface area contributed by atoms with Crippen molar-refractivity contribution in [2.24, 2.45) is 11.7 Å². The zero-order valence-electron chi connectivity index (χ0n) is 11.9. The smallest absolute Gasteiger partial charge is 0.240 e. The monoisotopic (exact) mass is 274 g/mol. The van der Waals surface area contributed by atoms with E-state index < -0.39 is 5.54 Å². The number of likely N-dealkylation sites (N-methyl/N-ethyl adjacent to an activating group) is 1. The van der Waals surface area contributed by atoms with Crippen molar-refractivity contribution < 1.29 is 19.0 Å². The summed E-state index contributed by atoms with van der Waals surface area (Å²) in [6.45, 7) is 2.74. The highest BCUT2D eigenvalue weighted by atomic mass is 16.5. The van der Waals surface area contributed by atoms with Gasteiger partial charge in [-0.25, -0.2) is 0 Å². The van der Waals surface area contributed by atoms with E-state index in [0.29, 0.717) is 39.0 Å². The molecule has 6 nitrogen and oxygen atoms in total. The van der Waals surface area contributed by atoms with E-state index in [0.717, 1.165) is 19.3 Å². The van der Waals surface area contributed by atoms with E-state index in [2.05, 4.69) is 5.32 Å². The van der Waals surface area contributed by atoms with Crippen LogP contribution in [0.15, 0.2) is 0 Å². The molecular weight excluding hydrogens is 248 g/mol. The molecule has 0 aromatic rings. The maximum Gasteiger partial charge on any atom is 0.240 e. The van der Waals surface area contributed by atoms with Crippen LogP contribution in [0, 0.1) is 5.92 Å². The van der Waals surface area contributed by atoms with E-state index in [4.69, 9.17) is 19.9 Å². The summed E-state index contributed by atoms with van der Waals surface area (Å²) in [7, 11) is 3.41. The number of carbonyl (C=O) groups excluding carboxylic acids is 1. The number of methoxy groups -OCH3 is 1. The van der Waals surface area contributed by atoms with Gasteiger partial charge in [-0.15, -0.1) is 0 Å². The Morgan fingerprint density at radius 3 is 2.47 bits per heavy atom. The molecule has 112 valence electrons. The largest absolute Gasteiger partial charge is 0.382 e. The van der Waals surface area contributed by atoms with Crippen LogP contribution in [-0.2, 0) is 19.0 Å². The lowest BCUT2D eigenvalue weighted by atomic mass is 9.93. The number of hydrogen-bond acceptors (Lipinski definition) is 5. The van der Waals surface area contributed by atoms with Gasteiger partial charge in [0.25, 0.3) is 0 Å². The van der Waals surface area contributed by atoms with Crippen molar-refractivity contribution in [2.75, 3.05) is 47.2 Å². The third kappa shape index (κ3) is 5.06. The molecule has 0 radical (unpaired) electrons. The second kappa shape index (κ2) is 8.47. The van der Waals surface area contributed by atoms with Crippen LogP contribution in [0.3, 0.4) is 0 Å². The van der Waals surface area contributed by atoms with E-state index in [1.54, 1.807) is 14.2 Å². The SMILES string of the molecule is CNC(COCCCOCCOC)(C(N)=O)C1CC1. The summed E-state index contributed by atoms with van der Waals surface area (Å²) >= 11 is 0. The van der Waals surface area contributed by atoms with Crippen LogP contribution in [0.1, 0.15) is 19.3 Å². The van der Waals surface area contributed by atoms with Crippen LogP contribution in [-0.4, -0.2) is 58.6 Å². The normalized spacial score (nSPS) is 18.2. The van der Waals surface area contributed by atoms with Gasteiger partial charge in [-0.2, -0.15) is 0 Å². The fourth-order valence-electron chi connectivity index (χ4n) is 2.11. The van der Waals surface area contributed by atoms with Crippen LogP contribution >= 0.6 is 0 Å². The van der Waals surface area contributed by atoms with Crippen molar-refractivity contribution in [1.29, 1.82) is 0 Å². The third-order valence-corrected chi connectivity index (χ3v) is 3.50. The molecule has 1 amide bonds. The van der Waals surface area contributed by atoms with Crippen LogP contribution in [0.4, 0.5) is 0 Å². The Morgan fingerprint density at radius 1 is 1.26 bits per heavy atom. The zero-order valence-corrected chi connectivity index (χ0v) is 11.9. The first-order chi connectivity index (χ1) is 9.17. The highest BCUT2D eigenvalue weighted by Gasteiger charge is 2.49. The fraction of sp³-hybridized carbons (Fsp3) is 0.923. The summed E-state index contributed by atoms with van der Waals surface area (Å²) in [5, 5.41) is 3.05. The van der Waals surface area contributed by atoms with E-state index in [-0.39, 0.29) is 5.91 Å². The molecule has 1 aliphatic rings. The quantitative estimate of drug-likeness (QED) is 0.486. The second-order valence-corrected chi connectivity index (χ2v) is 4.87. The molecule has 1 rings (SSSR count). The van der Waals surface area contributed by atoms with Crippen LogP contribution in [0.25, 0.3) is 0 Å². The van der Waals surface area contributed by atoms with Crippen molar-refractivity contribution in [3.8, 4) is 0 Å². The molecule has 0 bridgehead atoms. The Kier molecular flexibility index (Phi) is 7.30. The minimum Gasteiger partial charge on any atom is -0.382 e. The van der Waals surface area contributed by atoms with Gasteiger partial charge < -0.3 is 25.3 Å². The highest BCUT2D eigenvalue weighted by Crippen LogP contribution is 2.39. The molecule has 1 atom stereocenters. The summed E-state index contributed by atoms with van der Waals surface area (Å²) < 4.78 is 15.8. The molecule has 19 heavy (non-hydrogen) atoms. The summed E-state index contributed by atoms with van der Waals surface area (Å²) in [6, 6.07) is 0. The van der Waals surface area contributed by atoms with Crippen molar-refractivity contribution in [1.82, 2.24) is 5.32 Å². The molecule has 0 aromatic carbocycles. The molecule has 3 N–H and O–H groups in total. The van der Waals surface area contributed by atoms with E-state index >= 15 is 0 Å². The Balaban J connectivity index is 2.14. The topological polar surface area (TPSA) is 82.8 Å². The number of primary amides is 1. The molecule has 1 aliphatic carbocycles. The number of nitrogens with one attached hydrogen (secondary N) is 1. The molecular formula is C13H26N2O4. The van der Waals surface area contributed by atoms with Gasteiger partial charge in [0.05, 0.1) is 19.8 Å². The van der Waals surface area contributed by atoms with Gasteiger partial charge in [0.2, 0.25) is 5.91 Å². The number of hydrogen-bond donors (Lipinski definition) is 2. The molecule has 1 unspecified atom stereocenters. The lowest BCUT2D eigenvalue weighted by Crippen LogP contribution is -2.59. The number of ether oxygens (including phenoxy) is 3. The average molecular weight is 274 g/mol. The molecule has 0 aliphatic heterocycles. The predicted octanol–water partition coefficient (Wildman–Crippen LogP) is -0.0904. The lowest BCUT2D eigenvalue weighted by Gasteiger charge is -2.30. The highest BCUT2D eigenvalue weighted by molar-refractivity contribution is 5.85. The molecule has 1 fully saturated rings. The molecule has 0 saturated heterocycles. The van der Waals surface area contributed by atoms with Gasteiger partial charge in [-0.05, 0) is 32.2 Å². The number of amides is 1. The minimum atomic E-state index is -0.698.